The van der Waals surface area contributed by atoms with Gasteiger partial charge in [0.05, 0.1) is 16.7 Å². The number of aliphatic imine (C=N–C) groups is 1. The molecule has 0 N–H and O–H groups in total. The first-order valence-electron chi connectivity index (χ1n) is 7.80. The van der Waals surface area contributed by atoms with Gasteiger partial charge in [0.1, 0.15) is 6.04 Å². The zero-order chi connectivity index (χ0) is 16.7. The first-order chi connectivity index (χ1) is 11.6. The Morgan fingerprint density at radius 3 is 2.92 bits per heavy atom. The van der Waals surface area contributed by atoms with E-state index < -0.39 is 0 Å². The third-order valence-electron chi connectivity index (χ3n) is 4.30. The van der Waals surface area contributed by atoms with Gasteiger partial charge in [0, 0.05) is 30.1 Å². The van der Waals surface area contributed by atoms with E-state index in [-0.39, 0.29) is 22.7 Å². The molecule has 0 spiro atoms. The molecular formula is C17H16N4O2S. The number of hydrogen-bond donors (Lipinski definition) is 0. The molecule has 0 bridgehead atoms. The third kappa shape index (κ3) is 2.54. The number of thioether (sulfide) groups is 1. The van der Waals surface area contributed by atoms with Crippen LogP contribution in [0.1, 0.15) is 30.3 Å². The van der Waals surface area contributed by atoms with Gasteiger partial charge in [-0.2, -0.15) is 0 Å². The highest BCUT2D eigenvalue weighted by Gasteiger charge is 2.43. The van der Waals surface area contributed by atoms with Crippen LogP contribution in [0.4, 0.5) is 5.69 Å². The number of aromatic nitrogens is 1. The summed E-state index contributed by atoms with van der Waals surface area (Å²) in [6, 6.07) is 12.5. The number of nitrogens with zero attached hydrogens (tertiary/aromatic N) is 4. The Kier molecular flexibility index (Phi) is 3.72. The average Bonchev–Trinajstić information content (AvgIpc) is 3.11. The van der Waals surface area contributed by atoms with Gasteiger partial charge in [-0.05, 0) is 17.7 Å². The zero-order valence-electron chi connectivity index (χ0n) is 13.1. The molecule has 0 amide bonds. The number of amidine groups is 1. The maximum absolute atomic E-state index is 11.1. The second-order valence-electron chi connectivity index (χ2n) is 5.99. The first kappa shape index (κ1) is 15.1. The van der Waals surface area contributed by atoms with Gasteiger partial charge in [0.25, 0.3) is 5.69 Å². The molecule has 1 saturated heterocycles. The minimum atomic E-state index is -0.350. The minimum absolute atomic E-state index is 0.0488. The van der Waals surface area contributed by atoms with E-state index in [9.17, 15) is 10.1 Å². The van der Waals surface area contributed by atoms with E-state index in [0.717, 1.165) is 23.0 Å². The van der Waals surface area contributed by atoms with Crippen LogP contribution in [0.5, 0.6) is 0 Å². The van der Waals surface area contributed by atoms with E-state index in [4.69, 9.17) is 4.99 Å². The highest BCUT2D eigenvalue weighted by molar-refractivity contribution is 8.14. The molecule has 0 aliphatic carbocycles. The quantitative estimate of drug-likeness (QED) is 0.631. The Balaban J connectivity index is 1.78. The molecule has 3 atom stereocenters. The summed E-state index contributed by atoms with van der Waals surface area (Å²) in [5, 5.41) is 12.6. The summed E-state index contributed by atoms with van der Waals surface area (Å²) < 4.78 is 0. The van der Waals surface area contributed by atoms with Crippen molar-refractivity contribution in [2.75, 3.05) is 6.54 Å². The van der Waals surface area contributed by atoms with Crippen molar-refractivity contribution in [3.05, 3.63) is 70.0 Å². The number of pyridine rings is 1. The first-order valence-corrected chi connectivity index (χ1v) is 8.68. The van der Waals surface area contributed by atoms with Crippen LogP contribution in [-0.2, 0) is 0 Å². The summed E-state index contributed by atoms with van der Waals surface area (Å²) in [6.07, 6.45) is 1.76. The van der Waals surface area contributed by atoms with Gasteiger partial charge in [-0.3, -0.25) is 20.1 Å². The number of nitro groups is 1. The van der Waals surface area contributed by atoms with Crippen molar-refractivity contribution >= 4 is 22.6 Å². The molecule has 1 fully saturated rings. The highest BCUT2D eigenvalue weighted by atomic mass is 32.2. The van der Waals surface area contributed by atoms with E-state index in [0.29, 0.717) is 5.25 Å². The summed E-state index contributed by atoms with van der Waals surface area (Å²) in [5.74, 6) is 0. The predicted octanol–water partition coefficient (Wildman–Crippen LogP) is 3.58. The van der Waals surface area contributed by atoms with Crippen LogP contribution in [0.25, 0.3) is 0 Å². The van der Waals surface area contributed by atoms with Crippen LogP contribution < -0.4 is 0 Å². The Hall–Kier alpha value is -2.41. The van der Waals surface area contributed by atoms with E-state index >= 15 is 0 Å². The molecule has 3 heterocycles. The average molecular weight is 340 g/mol. The van der Waals surface area contributed by atoms with Crippen LogP contribution in [0.2, 0.25) is 0 Å². The fourth-order valence-electron chi connectivity index (χ4n) is 3.30. The van der Waals surface area contributed by atoms with Crippen molar-refractivity contribution in [1.29, 1.82) is 0 Å². The zero-order valence-corrected chi connectivity index (χ0v) is 13.9. The fourth-order valence-corrected chi connectivity index (χ4v) is 4.39. The van der Waals surface area contributed by atoms with Crippen LogP contribution in [0.3, 0.4) is 0 Å². The van der Waals surface area contributed by atoms with Gasteiger partial charge in [0.15, 0.2) is 5.17 Å². The summed E-state index contributed by atoms with van der Waals surface area (Å²) in [4.78, 5) is 22.4. The lowest BCUT2D eigenvalue weighted by atomic mass is 9.96. The Labute approximate surface area is 143 Å². The topological polar surface area (TPSA) is 71.6 Å². The van der Waals surface area contributed by atoms with Crippen LogP contribution in [0.15, 0.2) is 53.7 Å². The van der Waals surface area contributed by atoms with E-state index in [2.05, 4.69) is 16.8 Å². The molecule has 24 heavy (non-hydrogen) atoms. The fraction of sp³-hybridized carbons (Fsp3) is 0.294. The summed E-state index contributed by atoms with van der Waals surface area (Å²) in [5.41, 5.74) is 1.91. The lowest BCUT2D eigenvalue weighted by Crippen LogP contribution is -2.28. The van der Waals surface area contributed by atoms with Crippen molar-refractivity contribution < 1.29 is 4.92 Å². The number of nitro benzene ring substituents is 1. The number of rotatable bonds is 3. The molecule has 6 nitrogen and oxygen atoms in total. The molecule has 2 aromatic rings. The maximum atomic E-state index is 11.1. The van der Waals surface area contributed by atoms with E-state index in [1.54, 1.807) is 30.1 Å². The van der Waals surface area contributed by atoms with Crippen molar-refractivity contribution in [3.63, 3.8) is 0 Å². The molecule has 0 saturated carbocycles. The van der Waals surface area contributed by atoms with Gasteiger partial charge in [0.2, 0.25) is 0 Å². The predicted molar refractivity (Wildman–Crippen MR) is 94.0 cm³/mol. The van der Waals surface area contributed by atoms with Gasteiger partial charge in [-0.1, -0.05) is 36.9 Å². The van der Waals surface area contributed by atoms with Crippen molar-refractivity contribution in [1.82, 2.24) is 9.88 Å². The molecule has 1 aromatic carbocycles. The standard InChI is InChI=1S/C17H16N4O2S/c1-11-10-20-16(12-5-4-6-13(9-12)21(22)23)15(19-17(20)24-11)14-7-2-3-8-18-14/h2-9,11,15-16H,10H2,1H3/t11-,15+,16+/m1/s1. The van der Waals surface area contributed by atoms with Gasteiger partial charge in [-0.25, -0.2) is 0 Å². The number of non-ortho nitro benzene ring substituents is 1. The monoisotopic (exact) mass is 340 g/mol. The summed E-state index contributed by atoms with van der Waals surface area (Å²) in [6.45, 7) is 3.06. The number of hydrogen-bond acceptors (Lipinski definition) is 6. The van der Waals surface area contributed by atoms with Crippen molar-refractivity contribution in [2.45, 2.75) is 24.3 Å². The van der Waals surface area contributed by atoms with Crippen molar-refractivity contribution in [3.8, 4) is 0 Å². The lowest BCUT2D eigenvalue weighted by Gasteiger charge is -2.27. The Morgan fingerprint density at radius 2 is 2.17 bits per heavy atom. The molecule has 0 unspecified atom stereocenters. The molecule has 4 rings (SSSR count). The van der Waals surface area contributed by atoms with Crippen LogP contribution in [-0.4, -0.2) is 31.8 Å². The normalized spacial score (nSPS) is 25.5. The largest absolute Gasteiger partial charge is 0.341 e. The Bertz CT molecular complexity index is 811. The maximum Gasteiger partial charge on any atom is 0.269 e. The van der Waals surface area contributed by atoms with Crippen LogP contribution >= 0.6 is 11.8 Å². The van der Waals surface area contributed by atoms with Gasteiger partial charge in [-0.15, -0.1) is 0 Å². The molecular weight excluding hydrogens is 324 g/mol. The lowest BCUT2D eigenvalue weighted by molar-refractivity contribution is -0.384. The molecule has 2 aliphatic heterocycles. The second kappa shape index (κ2) is 5.90. The molecule has 122 valence electrons. The highest BCUT2D eigenvalue weighted by Crippen LogP contribution is 2.47. The molecule has 7 heteroatoms. The summed E-state index contributed by atoms with van der Waals surface area (Å²) in [7, 11) is 0. The SMILES string of the molecule is C[C@@H]1CN2C(=N[C@@H](c3ccccn3)[C@@H]2c2cccc([N+](=O)[O-])c2)S1. The number of benzene rings is 1. The van der Waals surface area contributed by atoms with Crippen LogP contribution in [0, 0.1) is 10.1 Å². The summed E-state index contributed by atoms with van der Waals surface area (Å²) >= 11 is 1.76. The third-order valence-corrected chi connectivity index (χ3v) is 5.41. The molecule has 0 radical (unpaired) electrons. The van der Waals surface area contributed by atoms with Gasteiger partial charge >= 0.3 is 0 Å². The molecule has 1 aromatic heterocycles. The molecule has 2 aliphatic rings. The number of fused-ring (bicyclic) bond motifs is 1. The smallest absolute Gasteiger partial charge is 0.269 e. The van der Waals surface area contributed by atoms with E-state index in [1.165, 1.54) is 6.07 Å². The minimum Gasteiger partial charge on any atom is -0.341 e. The second-order valence-corrected chi connectivity index (χ2v) is 7.39. The van der Waals surface area contributed by atoms with E-state index in [1.807, 2.05) is 24.3 Å². The Morgan fingerprint density at radius 1 is 1.29 bits per heavy atom. The van der Waals surface area contributed by atoms with Gasteiger partial charge < -0.3 is 4.90 Å². The van der Waals surface area contributed by atoms with Crippen molar-refractivity contribution in [2.24, 2.45) is 4.99 Å².